The molecule has 160 valence electrons. The van der Waals surface area contributed by atoms with Gasteiger partial charge in [0, 0.05) is 49.9 Å². The number of carbonyl (C=O) groups is 1. The van der Waals surface area contributed by atoms with E-state index in [1.165, 1.54) is 22.5 Å². The summed E-state index contributed by atoms with van der Waals surface area (Å²) in [5.74, 6) is -0.727. The van der Waals surface area contributed by atoms with E-state index in [4.69, 9.17) is 5.73 Å². The third kappa shape index (κ3) is 4.50. The maximum absolute atomic E-state index is 13.0. The van der Waals surface area contributed by atoms with Gasteiger partial charge in [-0.15, -0.1) is 0 Å². The number of rotatable bonds is 6. The Kier molecular flexibility index (Phi) is 6.20. The molecule has 0 spiro atoms. The van der Waals surface area contributed by atoms with Crippen molar-refractivity contribution in [3.63, 3.8) is 0 Å². The molecule has 9 nitrogen and oxygen atoms in total. The summed E-state index contributed by atoms with van der Waals surface area (Å²) in [7, 11) is -3.60. The SMILES string of the molecule is Cc1ccc(C)c(S(=O)(=O)N2CCN(Cc3ccc(C(N)=O)cc3[N+](=O)[O-])CC2)c1. The predicted molar refractivity (Wildman–Crippen MR) is 112 cm³/mol. The van der Waals surface area contributed by atoms with Crippen molar-refractivity contribution in [3.05, 3.63) is 68.8 Å². The van der Waals surface area contributed by atoms with Crippen LogP contribution in [0.15, 0.2) is 41.3 Å². The quantitative estimate of drug-likeness (QED) is 0.548. The summed E-state index contributed by atoms with van der Waals surface area (Å²) in [5.41, 5.74) is 7.15. The first-order valence-corrected chi connectivity index (χ1v) is 10.9. The van der Waals surface area contributed by atoms with Gasteiger partial charge >= 0.3 is 0 Å². The van der Waals surface area contributed by atoms with Crippen LogP contribution in [0.4, 0.5) is 5.69 Å². The number of piperazine rings is 1. The highest BCUT2D eigenvalue weighted by atomic mass is 32.2. The van der Waals surface area contributed by atoms with Crippen molar-refractivity contribution >= 4 is 21.6 Å². The van der Waals surface area contributed by atoms with E-state index in [9.17, 15) is 23.3 Å². The molecule has 0 unspecified atom stereocenters. The van der Waals surface area contributed by atoms with Gasteiger partial charge in [-0.05, 0) is 37.1 Å². The number of carbonyl (C=O) groups excluding carboxylic acids is 1. The number of nitrogens with two attached hydrogens (primary N) is 1. The summed E-state index contributed by atoms with van der Waals surface area (Å²) in [5, 5.41) is 11.4. The lowest BCUT2D eigenvalue weighted by Gasteiger charge is -2.34. The first kappa shape index (κ1) is 21.9. The third-order valence-electron chi connectivity index (χ3n) is 5.25. The van der Waals surface area contributed by atoms with Crippen molar-refractivity contribution in [2.45, 2.75) is 25.3 Å². The van der Waals surface area contributed by atoms with E-state index in [0.717, 1.165) is 5.56 Å². The summed E-state index contributed by atoms with van der Waals surface area (Å²) in [6, 6.07) is 9.53. The van der Waals surface area contributed by atoms with Gasteiger partial charge in [0.2, 0.25) is 15.9 Å². The fraction of sp³-hybridized carbons (Fsp3) is 0.350. The van der Waals surface area contributed by atoms with E-state index >= 15 is 0 Å². The average Bonchev–Trinajstić information content (AvgIpc) is 2.70. The number of nitro benzene ring substituents is 1. The van der Waals surface area contributed by atoms with Crippen LogP contribution in [0.3, 0.4) is 0 Å². The largest absolute Gasteiger partial charge is 0.366 e. The molecule has 0 aromatic heterocycles. The van der Waals surface area contributed by atoms with Crippen molar-refractivity contribution in [2.75, 3.05) is 26.2 Å². The van der Waals surface area contributed by atoms with Crippen molar-refractivity contribution in [3.8, 4) is 0 Å². The molecule has 0 radical (unpaired) electrons. The molecule has 2 N–H and O–H groups in total. The zero-order chi connectivity index (χ0) is 22.1. The van der Waals surface area contributed by atoms with Crippen molar-refractivity contribution in [1.29, 1.82) is 0 Å². The molecule has 0 aliphatic carbocycles. The number of sulfonamides is 1. The molecule has 10 heteroatoms. The molecule has 0 bridgehead atoms. The Bertz CT molecular complexity index is 1090. The second-order valence-corrected chi connectivity index (χ2v) is 9.32. The zero-order valence-electron chi connectivity index (χ0n) is 16.9. The van der Waals surface area contributed by atoms with Gasteiger partial charge in [0.25, 0.3) is 5.69 Å². The van der Waals surface area contributed by atoms with Gasteiger partial charge in [-0.2, -0.15) is 4.31 Å². The number of hydrogen-bond acceptors (Lipinski definition) is 6. The zero-order valence-corrected chi connectivity index (χ0v) is 17.7. The van der Waals surface area contributed by atoms with E-state index in [-0.39, 0.29) is 17.8 Å². The number of primary amides is 1. The number of hydrogen-bond donors (Lipinski definition) is 1. The smallest absolute Gasteiger partial charge is 0.274 e. The van der Waals surface area contributed by atoms with Crippen molar-refractivity contribution in [2.24, 2.45) is 5.73 Å². The number of nitrogens with zero attached hydrogens (tertiary/aromatic N) is 3. The molecule has 0 saturated carbocycles. The molecule has 1 aliphatic rings. The minimum absolute atomic E-state index is 0.0786. The molecule has 1 saturated heterocycles. The minimum Gasteiger partial charge on any atom is -0.366 e. The maximum Gasteiger partial charge on any atom is 0.274 e. The molecule has 1 aliphatic heterocycles. The monoisotopic (exact) mass is 432 g/mol. The lowest BCUT2D eigenvalue weighted by atomic mass is 10.1. The molecule has 0 atom stereocenters. The standard InChI is InChI=1S/C20H24N4O5S/c1-14-3-4-15(2)19(11-14)30(28,29)23-9-7-22(8-10-23)13-17-6-5-16(20(21)25)12-18(17)24(26)27/h3-6,11-12H,7-10,13H2,1-2H3,(H2,21,25). The van der Waals surface area contributed by atoms with E-state index in [0.29, 0.717) is 42.2 Å². The molecule has 2 aromatic carbocycles. The fourth-order valence-electron chi connectivity index (χ4n) is 3.51. The van der Waals surface area contributed by atoms with Crippen LogP contribution in [0.1, 0.15) is 27.0 Å². The summed E-state index contributed by atoms with van der Waals surface area (Å²) < 4.78 is 27.5. The number of aryl methyl sites for hydroxylation is 2. The van der Waals surface area contributed by atoms with E-state index in [2.05, 4.69) is 0 Å². The average molecular weight is 433 g/mol. The van der Waals surface area contributed by atoms with Gasteiger partial charge in [-0.25, -0.2) is 8.42 Å². The van der Waals surface area contributed by atoms with Crippen LogP contribution < -0.4 is 5.73 Å². The fourth-order valence-corrected chi connectivity index (χ4v) is 5.25. The Hall–Kier alpha value is -2.82. The van der Waals surface area contributed by atoms with Crippen LogP contribution in [-0.4, -0.2) is 54.6 Å². The molecule has 1 amide bonds. The Morgan fingerprint density at radius 2 is 1.77 bits per heavy atom. The van der Waals surface area contributed by atoms with E-state index in [1.807, 2.05) is 17.9 Å². The Morgan fingerprint density at radius 1 is 1.10 bits per heavy atom. The molecule has 3 rings (SSSR count). The van der Waals surface area contributed by atoms with Gasteiger partial charge in [-0.3, -0.25) is 19.8 Å². The van der Waals surface area contributed by atoms with Crippen LogP contribution in [0.5, 0.6) is 0 Å². The summed E-state index contributed by atoms with van der Waals surface area (Å²) in [4.78, 5) is 24.4. The second-order valence-electron chi connectivity index (χ2n) is 7.41. The topological polar surface area (TPSA) is 127 Å². The first-order valence-electron chi connectivity index (χ1n) is 9.46. The van der Waals surface area contributed by atoms with E-state index in [1.54, 1.807) is 19.1 Å². The van der Waals surface area contributed by atoms with Crippen molar-refractivity contribution < 1.29 is 18.1 Å². The molecular formula is C20H24N4O5S. The Labute approximate surface area is 175 Å². The highest BCUT2D eigenvalue weighted by Gasteiger charge is 2.30. The first-order chi connectivity index (χ1) is 14.1. The molecule has 30 heavy (non-hydrogen) atoms. The number of nitro groups is 1. The molecule has 1 fully saturated rings. The highest BCUT2D eigenvalue weighted by molar-refractivity contribution is 7.89. The van der Waals surface area contributed by atoms with Gasteiger partial charge in [0.05, 0.1) is 9.82 Å². The van der Waals surface area contributed by atoms with Gasteiger partial charge in [0.15, 0.2) is 0 Å². The van der Waals surface area contributed by atoms with Crippen LogP contribution in [0.25, 0.3) is 0 Å². The third-order valence-corrected chi connectivity index (χ3v) is 7.29. The summed E-state index contributed by atoms with van der Waals surface area (Å²) >= 11 is 0. The molecule has 1 heterocycles. The van der Waals surface area contributed by atoms with Gasteiger partial charge in [-0.1, -0.05) is 18.2 Å². The molecule has 2 aromatic rings. The van der Waals surface area contributed by atoms with Gasteiger partial charge < -0.3 is 5.73 Å². The number of benzene rings is 2. The van der Waals surface area contributed by atoms with Crippen molar-refractivity contribution in [1.82, 2.24) is 9.21 Å². The Morgan fingerprint density at radius 3 is 2.37 bits per heavy atom. The second kappa shape index (κ2) is 8.50. The highest BCUT2D eigenvalue weighted by Crippen LogP contribution is 2.25. The van der Waals surface area contributed by atoms with Crippen LogP contribution in [0.2, 0.25) is 0 Å². The summed E-state index contributed by atoms with van der Waals surface area (Å²) in [6.07, 6.45) is 0. The lowest BCUT2D eigenvalue weighted by molar-refractivity contribution is -0.385. The minimum atomic E-state index is -3.60. The van der Waals surface area contributed by atoms with Crippen LogP contribution >= 0.6 is 0 Å². The van der Waals surface area contributed by atoms with Gasteiger partial charge in [0.1, 0.15) is 0 Å². The molecular weight excluding hydrogens is 408 g/mol. The lowest BCUT2D eigenvalue weighted by Crippen LogP contribution is -2.48. The predicted octanol–water partition coefficient (Wildman–Crippen LogP) is 1.82. The number of amides is 1. The Balaban J connectivity index is 1.73. The normalized spacial score (nSPS) is 15.8. The van der Waals surface area contributed by atoms with E-state index < -0.39 is 20.9 Å². The maximum atomic E-state index is 13.0. The van der Waals surface area contributed by atoms with Crippen LogP contribution in [0, 0.1) is 24.0 Å². The van der Waals surface area contributed by atoms with Crippen LogP contribution in [-0.2, 0) is 16.6 Å². The summed E-state index contributed by atoms with van der Waals surface area (Å²) in [6.45, 7) is 5.39.